The van der Waals surface area contributed by atoms with E-state index in [2.05, 4.69) is 18.1 Å². The van der Waals surface area contributed by atoms with Crippen LogP contribution in [0.4, 0.5) is 0 Å². The second-order valence-corrected chi connectivity index (χ2v) is 8.71. The summed E-state index contributed by atoms with van der Waals surface area (Å²) in [5.41, 5.74) is 0. The fourth-order valence-electron chi connectivity index (χ4n) is 2.05. The van der Waals surface area contributed by atoms with Crippen LogP contribution in [0.5, 0.6) is 0 Å². The van der Waals surface area contributed by atoms with Gasteiger partial charge in [-0.2, -0.15) is 0 Å². The van der Waals surface area contributed by atoms with Gasteiger partial charge in [-0.3, -0.25) is 18.1 Å². The summed E-state index contributed by atoms with van der Waals surface area (Å²) in [5.74, 6) is 0. The molecule has 0 aromatic rings. The smallest absolute Gasteiger partial charge is 0.387 e. The summed E-state index contributed by atoms with van der Waals surface area (Å²) in [5, 5.41) is 29.8. The van der Waals surface area contributed by atoms with Crippen LogP contribution >= 0.6 is 23.5 Å². The third-order valence-corrected chi connectivity index (χ3v) is 5.03. The molecule has 3 unspecified atom stereocenters. The average molecular weight is 434 g/mol. The van der Waals surface area contributed by atoms with Gasteiger partial charge >= 0.3 is 23.5 Å². The van der Waals surface area contributed by atoms with Crippen LogP contribution in [0, 0.1) is 0 Å². The number of phosphoric ester groups is 3. The Morgan fingerprint density at radius 3 is 1.16 bits per heavy atom. The van der Waals surface area contributed by atoms with E-state index >= 15 is 0 Å². The minimum atomic E-state index is -5.36. The van der Waals surface area contributed by atoms with Gasteiger partial charge in [0.05, 0.1) is 0 Å². The summed E-state index contributed by atoms with van der Waals surface area (Å²) in [6.45, 7) is 0. The monoisotopic (exact) mass is 434 g/mol. The largest absolute Gasteiger partial charge is 0.472 e. The van der Waals surface area contributed by atoms with Crippen LogP contribution in [-0.4, -0.2) is 83.5 Å². The lowest BCUT2D eigenvalue weighted by Gasteiger charge is -2.44. The second-order valence-electron chi connectivity index (χ2n) is 4.81. The van der Waals surface area contributed by atoms with E-state index in [1.807, 2.05) is 0 Å². The lowest BCUT2D eigenvalue weighted by molar-refractivity contribution is -0.212. The fourth-order valence-corrected chi connectivity index (χ4v) is 3.83. The summed E-state index contributed by atoms with van der Waals surface area (Å²) in [7, 11) is -14.9. The first-order valence-electron chi connectivity index (χ1n) is 6.17. The fraction of sp³-hybridized carbons (Fsp3) is 1.00. The lowest BCUT2D eigenvalue weighted by atomic mass is 9.85. The number of aliphatic hydroxyl groups excluding tert-OH is 3. The van der Waals surface area contributed by atoms with Crippen LogP contribution in [0.15, 0.2) is 0 Å². The summed E-state index contributed by atoms with van der Waals surface area (Å²) in [6.07, 6.45) is -13.9. The summed E-state index contributed by atoms with van der Waals surface area (Å²) >= 11 is 0. The first kappa shape index (κ1) is 23.2. The Hall–Kier alpha value is 0.210. The molecule has 150 valence electrons. The highest BCUT2D eigenvalue weighted by Gasteiger charge is 2.56. The van der Waals surface area contributed by atoms with Gasteiger partial charge in [0.15, 0.2) is 0 Å². The van der Waals surface area contributed by atoms with Crippen molar-refractivity contribution in [1.82, 2.24) is 0 Å². The van der Waals surface area contributed by atoms with Gasteiger partial charge in [0.1, 0.15) is 36.6 Å². The average Bonchev–Trinajstić information content (AvgIpc) is 2.43. The molecule has 0 aromatic carbocycles. The standard InChI is InChI=1S/C7H17O15P3/c1-19-25(17,18)22-7-3(9)5(20-23(11,12)13)2(8)6(4(7)10)21-24(14,15)16/h2-10H,1H3,(H,17,18)(H2,11,12,13)(H2,14,15,16)/t2?,3-,4-,5-,6+,7?/m1/s1. The normalized spacial score (nSPS) is 36.8. The van der Waals surface area contributed by atoms with E-state index in [4.69, 9.17) is 19.6 Å². The van der Waals surface area contributed by atoms with E-state index in [0.29, 0.717) is 7.11 Å². The van der Waals surface area contributed by atoms with Crippen molar-refractivity contribution in [3.05, 3.63) is 0 Å². The third kappa shape index (κ3) is 6.70. The Labute approximate surface area is 139 Å². The van der Waals surface area contributed by atoms with Gasteiger partial charge in [0.2, 0.25) is 0 Å². The van der Waals surface area contributed by atoms with E-state index in [9.17, 15) is 33.9 Å². The second kappa shape index (κ2) is 8.07. The van der Waals surface area contributed by atoms with Crippen LogP contribution in [0.3, 0.4) is 0 Å². The molecule has 0 amide bonds. The van der Waals surface area contributed by atoms with Gasteiger partial charge in [0.25, 0.3) is 0 Å². The molecule has 0 aromatic heterocycles. The molecule has 18 heteroatoms. The lowest BCUT2D eigenvalue weighted by Crippen LogP contribution is -2.65. The summed E-state index contributed by atoms with van der Waals surface area (Å²) < 4.78 is 50.0. The highest BCUT2D eigenvalue weighted by Crippen LogP contribution is 2.50. The minimum absolute atomic E-state index is 0.713. The highest BCUT2D eigenvalue weighted by atomic mass is 31.2. The molecule has 1 fully saturated rings. The topological polar surface area (TPSA) is 250 Å². The number of hydrogen-bond acceptors (Lipinski definition) is 10. The van der Waals surface area contributed by atoms with E-state index in [0.717, 1.165) is 0 Å². The molecular weight excluding hydrogens is 417 g/mol. The predicted molar refractivity (Wildman–Crippen MR) is 73.6 cm³/mol. The van der Waals surface area contributed by atoms with Crippen LogP contribution in [0.25, 0.3) is 0 Å². The number of hydrogen-bond donors (Lipinski definition) is 8. The zero-order chi connectivity index (χ0) is 19.8. The maximum absolute atomic E-state index is 11.4. The molecular formula is C7H17O15P3. The summed E-state index contributed by atoms with van der Waals surface area (Å²) in [6, 6.07) is 0. The zero-order valence-electron chi connectivity index (χ0n) is 12.2. The molecule has 1 aliphatic carbocycles. The first-order chi connectivity index (χ1) is 11.1. The van der Waals surface area contributed by atoms with Crippen molar-refractivity contribution in [3.63, 3.8) is 0 Å². The molecule has 1 aliphatic rings. The van der Waals surface area contributed by atoms with Crippen molar-refractivity contribution in [2.75, 3.05) is 7.11 Å². The van der Waals surface area contributed by atoms with E-state index in [1.165, 1.54) is 0 Å². The molecule has 0 spiro atoms. The maximum Gasteiger partial charge on any atom is 0.472 e. The van der Waals surface area contributed by atoms with E-state index < -0.39 is 60.1 Å². The van der Waals surface area contributed by atoms with Gasteiger partial charge in [-0.1, -0.05) is 0 Å². The minimum Gasteiger partial charge on any atom is -0.387 e. The molecule has 0 aliphatic heterocycles. The molecule has 7 atom stereocenters. The molecule has 0 radical (unpaired) electrons. The quantitative estimate of drug-likeness (QED) is 0.188. The van der Waals surface area contributed by atoms with Crippen molar-refractivity contribution in [2.24, 2.45) is 0 Å². The van der Waals surface area contributed by atoms with Crippen LogP contribution in [0.1, 0.15) is 0 Å². The van der Waals surface area contributed by atoms with E-state index in [1.54, 1.807) is 0 Å². The molecule has 8 N–H and O–H groups in total. The molecule has 0 bridgehead atoms. The Balaban J connectivity index is 3.24. The highest BCUT2D eigenvalue weighted by molar-refractivity contribution is 7.47. The molecule has 1 saturated carbocycles. The van der Waals surface area contributed by atoms with Gasteiger partial charge in [-0.15, -0.1) is 0 Å². The Morgan fingerprint density at radius 1 is 0.640 bits per heavy atom. The Bertz CT molecular complexity index is 558. The number of aliphatic hydroxyl groups is 3. The van der Waals surface area contributed by atoms with Crippen LogP contribution in [0.2, 0.25) is 0 Å². The maximum atomic E-state index is 11.4. The molecule has 15 nitrogen and oxygen atoms in total. The van der Waals surface area contributed by atoms with Crippen molar-refractivity contribution in [3.8, 4) is 0 Å². The number of rotatable bonds is 7. The first-order valence-corrected chi connectivity index (χ1v) is 10.7. The SMILES string of the molecule is COP(=O)(O)OC1[C@H](O)[C@H](OP(=O)(O)O)C(O)[C@H](OP(=O)(O)O)[C@H]1O. The predicted octanol–water partition coefficient (Wildman–Crippen LogP) is -2.83. The molecule has 0 heterocycles. The van der Waals surface area contributed by atoms with Gasteiger partial charge < -0.3 is 39.8 Å². The molecule has 1 rings (SSSR count). The van der Waals surface area contributed by atoms with Crippen LogP contribution < -0.4 is 0 Å². The van der Waals surface area contributed by atoms with Gasteiger partial charge in [-0.05, 0) is 0 Å². The zero-order valence-corrected chi connectivity index (χ0v) is 14.9. The van der Waals surface area contributed by atoms with Crippen molar-refractivity contribution in [1.29, 1.82) is 0 Å². The molecule has 0 saturated heterocycles. The van der Waals surface area contributed by atoms with Crippen LogP contribution in [-0.2, 0) is 31.8 Å². The Kier molecular flexibility index (Phi) is 7.50. The van der Waals surface area contributed by atoms with E-state index in [-0.39, 0.29) is 0 Å². The molecule has 25 heavy (non-hydrogen) atoms. The summed E-state index contributed by atoms with van der Waals surface area (Å²) in [4.78, 5) is 44.4. The van der Waals surface area contributed by atoms with Crippen molar-refractivity contribution >= 4 is 23.5 Å². The Morgan fingerprint density at radius 2 is 0.920 bits per heavy atom. The van der Waals surface area contributed by atoms with Gasteiger partial charge in [0, 0.05) is 7.11 Å². The number of phosphoric acid groups is 3. The van der Waals surface area contributed by atoms with Crippen molar-refractivity contribution < 1.29 is 71.6 Å². The third-order valence-electron chi connectivity index (χ3n) is 3.02. The van der Waals surface area contributed by atoms with Gasteiger partial charge in [-0.25, -0.2) is 13.7 Å². The van der Waals surface area contributed by atoms with Crippen molar-refractivity contribution in [2.45, 2.75) is 36.6 Å².